The van der Waals surface area contributed by atoms with E-state index in [2.05, 4.69) is 5.32 Å². The minimum Gasteiger partial charge on any atom is -0.493 e. The fraction of sp³-hybridized carbons (Fsp3) is 0.333. The van der Waals surface area contributed by atoms with Crippen LogP contribution in [0.1, 0.15) is 18.1 Å². The molecule has 2 aromatic rings. The summed E-state index contributed by atoms with van der Waals surface area (Å²) in [5, 5.41) is 13.5. The summed E-state index contributed by atoms with van der Waals surface area (Å²) in [4.78, 5) is 0. The van der Waals surface area contributed by atoms with Crippen molar-refractivity contribution in [1.82, 2.24) is 5.32 Å². The Morgan fingerprint density at radius 1 is 1.04 bits per heavy atom. The number of methoxy groups -OCH3 is 1. The van der Waals surface area contributed by atoms with Crippen molar-refractivity contribution in [3.63, 3.8) is 0 Å². The molecule has 0 aromatic heterocycles. The quantitative estimate of drug-likeness (QED) is 0.736. The van der Waals surface area contributed by atoms with Crippen molar-refractivity contribution in [2.24, 2.45) is 0 Å². The van der Waals surface area contributed by atoms with Crippen LogP contribution in [0.25, 0.3) is 0 Å². The van der Waals surface area contributed by atoms with E-state index in [-0.39, 0.29) is 6.10 Å². The highest BCUT2D eigenvalue weighted by Gasteiger charge is 2.07. The zero-order chi connectivity index (χ0) is 17.5. The number of halogens is 2. The summed E-state index contributed by atoms with van der Waals surface area (Å²) >= 11 is 11.9. The Morgan fingerprint density at radius 3 is 2.46 bits per heavy atom. The zero-order valence-electron chi connectivity index (χ0n) is 13.7. The van der Waals surface area contributed by atoms with Gasteiger partial charge < -0.3 is 19.9 Å². The summed E-state index contributed by atoms with van der Waals surface area (Å²) in [6.45, 7) is 3.30. The number of rotatable bonds is 8. The number of aliphatic hydroxyl groups is 1. The lowest BCUT2D eigenvalue weighted by molar-refractivity contribution is 0.191. The lowest BCUT2D eigenvalue weighted by Crippen LogP contribution is -2.23. The lowest BCUT2D eigenvalue weighted by atomic mass is 10.2. The molecule has 4 nitrogen and oxygen atoms in total. The van der Waals surface area contributed by atoms with E-state index in [0.717, 1.165) is 11.1 Å². The minimum atomic E-state index is -0.374. The molecule has 0 aliphatic heterocycles. The molecule has 2 aromatic carbocycles. The molecular weight excluding hydrogens is 349 g/mol. The van der Waals surface area contributed by atoms with E-state index in [1.807, 2.05) is 24.3 Å². The maximum atomic E-state index is 9.27. The van der Waals surface area contributed by atoms with E-state index in [1.54, 1.807) is 26.2 Å². The van der Waals surface area contributed by atoms with Gasteiger partial charge in [-0.2, -0.15) is 0 Å². The summed E-state index contributed by atoms with van der Waals surface area (Å²) in [7, 11) is 1.61. The van der Waals surface area contributed by atoms with Gasteiger partial charge in [-0.15, -0.1) is 0 Å². The van der Waals surface area contributed by atoms with E-state index >= 15 is 0 Å². The minimum absolute atomic E-state index is 0.368. The SMILES string of the molecule is COc1cc(CNC[C@H](C)O)ccc1OCc1ccc(Cl)c(Cl)c1. The van der Waals surface area contributed by atoms with Gasteiger partial charge in [-0.1, -0.05) is 35.3 Å². The zero-order valence-corrected chi connectivity index (χ0v) is 15.2. The maximum absolute atomic E-state index is 9.27. The smallest absolute Gasteiger partial charge is 0.161 e. The standard InChI is InChI=1S/C18H21Cl2NO3/c1-12(22)9-21-10-13-4-6-17(18(8-13)23-2)24-11-14-3-5-15(19)16(20)7-14/h3-8,12,21-22H,9-11H2,1-2H3/t12-/m0/s1. The Balaban J connectivity index is 2.00. The van der Waals surface area contributed by atoms with Crippen molar-refractivity contribution in [2.75, 3.05) is 13.7 Å². The van der Waals surface area contributed by atoms with Gasteiger partial charge in [0.25, 0.3) is 0 Å². The number of hydrogen-bond donors (Lipinski definition) is 2. The average Bonchev–Trinajstić information content (AvgIpc) is 2.56. The number of aliphatic hydroxyl groups excluding tert-OH is 1. The predicted molar refractivity (Wildman–Crippen MR) is 97.2 cm³/mol. The molecule has 2 rings (SSSR count). The van der Waals surface area contributed by atoms with Crippen LogP contribution in [-0.4, -0.2) is 24.9 Å². The Labute approximate surface area is 152 Å². The molecule has 0 bridgehead atoms. The number of benzene rings is 2. The van der Waals surface area contributed by atoms with Crippen LogP contribution in [0.3, 0.4) is 0 Å². The van der Waals surface area contributed by atoms with Gasteiger partial charge in [-0.3, -0.25) is 0 Å². The predicted octanol–water partition coefficient (Wildman–Crippen LogP) is 4.05. The second-order valence-corrected chi connectivity index (χ2v) is 6.32. The highest BCUT2D eigenvalue weighted by molar-refractivity contribution is 6.42. The third-order valence-corrected chi connectivity index (χ3v) is 4.11. The Morgan fingerprint density at radius 2 is 1.79 bits per heavy atom. The van der Waals surface area contributed by atoms with Gasteiger partial charge in [0.05, 0.1) is 23.3 Å². The molecule has 130 valence electrons. The van der Waals surface area contributed by atoms with Gasteiger partial charge in [0.2, 0.25) is 0 Å². The molecule has 0 amide bonds. The molecule has 0 saturated carbocycles. The van der Waals surface area contributed by atoms with Crippen LogP contribution in [0.4, 0.5) is 0 Å². The van der Waals surface area contributed by atoms with Gasteiger partial charge in [-0.25, -0.2) is 0 Å². The van der Waals surface area contributed by atoms with Crippen LogP contribution in [-0.2, 0) is 13.2 Å². The van der Waals surface area contributed by atoms with E-state index in [9.17, 15) is 5.11 Å². The molecule has 0 aliphatic carbocycles. The number of hydrogen-bond acceptors (Lipinski definition) is 4. The van der Waals surface area contributed by atoms with E-state index in [0.29, 0.717) is 41.2 Å². The fourth-order valence-electron chi connectivity index (χ4n) is 2.16. The summed E-state index contributed by atoms with van der Waals surface area (Å²) in [6.07, 6.45) is -0.374. The van der Waals surface area contributed by atoms with Crippen LogP contribution in [0, 0.1) is 0 Å². The molecule has 0 fully saturated rings. The third-order valence-electron chi connectivity index (χ3n) is 3.38. The molecule has 0 heterocycles. The number of nitrogens with one attached hydrogen (secondary N) is 1. The largest absolute Gasteiger partial charge is 0.493 e. The maximum Gasteiger partial charge on any atom is 0.161 e. The molecule has 24 heavy (non-hydrogen) atoms. The van der Waals surface area contributed by atoms with Crippen LogP contribution < -0.4 is 14.8 Å². The Kier molecular flexibility index (Phi) is 7.18. The normalized spacial score (nSPS) is 12.0. The average molecular weight is 370 g/mol. The summed E-state index contributed by atoms with van der Waals surface area (Å²) in [6, 6.07) is 11.1. The van der Waals surface area contributed by atoms with Crippen molar-refractivity contribution in [1.29, 1.82) is 0 Å². The molecule has 0 aliphatic rings. The first-order valence-corrected chi connectivity index (χ1v) is 8.37. The summed E-state index contributed by atoms with van der Waals surface area (Å²) in [5.74, 6) is 1.31. The first kappa shape index (κ1) is 18.9. The Hall–Kier alpha value is -1.46. The number of ether oxygens (including phenoxy) is 2. The first-order valence-electron chi connectivity index (χ1n) is 7.62. The van der Waals surface area contributed by atoms with E-state index in [4.69, 9.17) is 32.7 Å². The van der Waals surface area contributed by atoms with Crippen molar-refractivity contribution >= 4 is 23.2 Å². The van der Waals surface area contributed by atoms with Gasteiger partial charge in [0.15, 0.2) is 11.5 Å². The van der Waals surface area contributed by atoms with Crippen molar-refractivity contribution in [2.45, 2.75) is 26.2 Å². The van der Waals surface area contributed by atoms with Gasteiger partial charge in [0.1, 0.15) is 6.61 Å². The topological polar surface area (TPSA) is 50.7 Å². The molecule has 0 spiro atoms. The van der Waals surface area contributed by atoms with E-state index in [1.165, 1.54) is 0 Å². The molecular formula is C18H21Cl2NO3. The summed E-state index contributed by atoms with van der Waals surface area (Å²) in [5.41, 5.74) is 1.98. The Bertz CT molecular complexity index is 677. The molecule has 6 heteroatoms. The second-order valence-electron chi connectivity index (χ2n) is 5.50. The molecule has 1 atom stereocenters. The molecule has 2 N–H and O–H groups in total. The second kappa shape index (κ2) is 9.14. The van der Waals surface area contributed by atoms with Crippen molar-refractivity contribution < 1.29 is 14.6 Å². The van der Waals surface area contributed by atoms with Crippen LogP contribution >= 0.6 is 23.2 Å². The van der Waals surface area contributed by atoms with Crippen molar-refractivity contribution in [3.8, 4) is 11.5 Å². The van der Waals surface area contributed by atoms with Crippen molar-refractivity contribution in [3.05, 3.63) is 57.6 Å². The summed E-state index contributed by atoms with van der Waals surface area (Å²) < 4.78 is 11.2. The first-order chi connectivity index (χ1) is 11.5. The van der Waals surface area contributed by atoms with E-state index < -0.39 is 0 Å². The van der Waals surface area contributed by atoms with Gasteiger partial charge in [0, 0.05) is 13.1 Å². The lowest BCUT2D eigenvalue weighted by Gasteiger charge is -2.13. The fourth-order valence-corrected chi connectivity index (χ4v) is 2.48. The van der Waals surface area contributed by atoms with Crippen LogP contribution in [0.2, 0.25) is 10.0 Å². The van der Waals surface area contributed by atoms with Crippen LogP contribution in [0.15, 0.2) is 36.4 Å². The third kappa shape index (κ3) is 5.56. The monoisotopic (exact) mass is 369 g/mol. The molecule has 0 unspecified atom stereocenters. The highest BCUT2D eigenvalue weighted by Crippen LogP contribution is 2.29. The van der Waals surface area contributed by atoms with Gasteiger partial charge >= 0.3 is 0 Å². The molecule has 0 saturated heterocycles. The molecule has 0 radical (unpaired) electrons. The highest BCUT2D eigenvalue weighted by atomic mass is 35.5. The van der Waals surface area contributed by atoms with Gasteiger partial charge in [-0.05, 0) is 42.3 Å². The van der Waals surface area contributed by atoms with Crippen LogP contribution in [0.5, 0.6) is 11.5 Å².